The van der Waals surface area contributed by atoms with Crippen LogP contribution in [0.3, 0.4) is 0 Å². The second-order valence-electron chi connectivity index (χ2n) is 8.32. The molecule has 3 rings (SSSR count). The number of benzene rings is 2. The molecule has 1 N–H and O–H groups in total. The quantitative estimate of drug-likeness (QED) is 0.594. The van der Waals surface area contributed by atoms with Crippen molar-refractivity contribution >= 4 is 34.1 Å². The van der Waals surface area contributed by atoms with E-state index in [1.165, 1.54) is 16.5 Å². The maximum Gasteiger partial charge on any atom is 0.263 e. The number of likely N-dealkylation sites (N-methyl/N-ethyl adjacent to an activating group) is 1. The first kappa shape index (κ1) is 25.4. The highest BCUT2D eigenvalue weighted by atomic mass is 35.5. The van der Waals surface area contributed by atoms with Crippen molar-refractivity contribution in [3.05, 3.63) is 69.5 Å². The number of hydrogen-bond acceptors (Lipinski definition) is 4. The Kier molecular flexibility index (Phi) is 8.44. The second kappa shape index (κ2) is 10.6. The molecule has 32 heavy (non-hydrogen) atoms. The Morgan fingerprint density at radius 3 is 2.25 bits per heavy atom. The molecule has 8 heteroatoms. The number of anilines is 1. The van der Waals surface area contributed by atoms with E-state index in [1.54, 1.807) is 49.4 Å². The number of fused-ring (bicyclic) bond motifs is 1. The molecule has 0 saturated heterocycles. The highest BCUT2D eigenvalue weighted by molar-refractivity contribution is 6.36. The van der Waals surface area contributed by atoms with Crippen LogP contribution in [0.5, 0.6) is 5.75 Å². The first-order valence-electron chi connectivity index (χ1n) is 10.3. The largest absolute Gasteiger partial charge is 0.871 e. The van der Waals surface area contributed by atoms with Gasteiger partial charge in [0.25, 0.3) is 11.5 Å². The van der Waals surface area contributed by atoms with E-state index in [9.17, 15) is 14.7 Å². The summed E-state index contributed by atoms with van der Waals surface area (Å²) in [5.41, 5.74) is 0.00506. The maximum atomic E-state index is 13.0. The zero-order valence-corrected chi connectivity index (χ0v) is 19.9. The Hall–Kier alpha value is -2.87. The summed E-state index contributed by atoms with van der Waals surface area (Å²) >= 11 is 6.15. The number of rotatable bonds is 5. The Bertz CT molecular complexity index is 1140. The molecule has 0 saturated carbocycles. The number of carbonyl (C=O) groups is 1. The molecule has 0 unspecified atom stereocenters. The van der Waals surface area contributed by atoms with Crippen LogP contribution in [0.4, 0.5) is 5.69 Å². The third-order valence-electron chi connectivity index (χ3n) is 4.94. The summed E-state index contributed by atoms with van der Waals surface area (Å²) in [6, 6.07) is 13.8. The van der Waals surface area contributed by atoms with Crippen LogP contribution in [0, 0.1) is 0 Å². The number of aromatic nitrogens is 1. The van der Waals surface area contributed by atoms with Gasteiger partial charge in [0.1, 0.15) is 6.54 Å². The van der Waals surface area contributed by atoms with E-state index in [0.717, 1.165) is 11.0 Å². The molecule has 172 valence electrons. The number of aryl methyl sites for hydroxylation is 1. The van der Waals surface area contributed by atoms with Gasteiger partial charge in [-0.15, -0.1) is 0 Å². The van der Waals surface area contributed by atoms with E-state index < -0.39 is 22.8 Å². The van der Waals surface area contributed by atoms with Gasteiger partial charge in [0.2, 0.25) is 0 Å². The third-order valence-corrected chi connectivity index (χ3v) is 5.25. The van der Waals surface area contributed by atoms with E-state index in [0.29, 0.717) is 17.7 Å². The molecule has 0 spiro atoms. The number of nitrogens with zero attached hydrogens (tertiary/aromatic N) is 3. The van der Waals surface area contributed by atoms with Crippen molar-refractivity contribution in [2.24, 2.45) is 7.05 Å². The summed E-state index contributed by atoms with van der Waals surface area (Å²) in [6.45, 7) is 3.23. The van der Waals surface area contributed by atoms with Crippen LogP contribution in [0.2, 0.25) is 5.02 Å². The number of para-hydroxylation sites is 1. The van der Waals surface area contributed by atoms with Gasteiger partial charge in [0, 0.05) is 29.7 Å². The number of aliphatic hydroxyl groups excluding tert-OH is 1. The molecule has 0 atom stereocenters. The predicted octanol–water partition coefficient (Wildman–Crippen LogP) is 2.62. The number of aliphatic hydroxyl groups is 1. The number of carbonyl (C=O) groups excluding carboxylic acids is 1. The van der Waals surface area contributed by atoms with Gasteiger partial charge >= 0.3 is 0 Å². The molecular weight excluding hydrogens is 430 g/mol. The van der Waals surface area contributed by atoms with Gasteiger partial charge in [-0.2, -0.15) is 0 Å². The van der Waals surface area contributed by atoms with Crippen molar-refractivity contribution in [2.75, 3.05) is 45.7 Å². The Labute approximate surface area is 193 Å². The fourth-order valence-corrected chi connectivity index (χ4v) is 3.45. The molecule has 0 radical (unpaired) electrons. The smallest absolute Gasteiger partial charge is 0.263 e. The lowest BCUT2D eigenvalue weighted by Gasteiger charge is -2.25. The van der Waals surface area contributed by atoms with Crippen molar-refractivity contribution < 1.29 is 19.5 Å². The standard InChI is InChI=1S/C19H17ClN2O3.C5H14NO/c1-3-22(12-8-5-4-6-9-12)19(25)16-17(23)15-13(20)10-7-11-14(15)21(2)18(16)24;1-6(2,3)4-5-7/h4-11,23H,3H2,1-2H3;7H,4-5H2,1-3H3/q;+1/p-1. The molecule has 0 aliphatic carbocycles. The van der Waals surface area contributed by atoms with Gasteiger partial charge < -0.3 is 24.2 Å². The van der Waals surface area contributed by atoms with Gasteiger partial charge in [-0.1, -0.05) is 41.6 Å². The summed E-state index contributed by atoms with van der Waals surface area (Å²) in [4.78, 5) is 27.1. The number of hydrogen-bond donors (Lipinski definition) is 1. The molecule has 1 amide bonds. The molecule has 0 fully saturated rings. The van der Waals surface area contributed by atoms with E-state index in [4.69, 9.17) is 16.7 Å². The molecule has 1 aromatic heterocycles. The van der Waals surface area contributed by atoms with E-state index >= 15 is 0 Å². The van der Waals surface area contributed by atoms with Crippen LogP contribution in [0.15, 0.2) is 53.3 Å². The normalized spacial score (nSPS) is 11.1. The van der Waals surface area contributed by atoms with Crippen LogP contribution < -0.4 is 15.6 Å². The average molecular weight is 460 g/mol. The van der Waals surface area contributed by atoms with E-state index in [-0.39, 0.29) is 17.0 Å². The second-order valence-corrected chi connectivity index (χ2v) is 8.73. The Balaban J connectivity index is 0.000000451. The van der Waals surface area contributed by atoms with Gasteiger partial charge in [0.05, 0.1) is 38.8 Å². The van der Waals surface area contributed by atoms with Crippen molar-refractivity contribution in [2.45, 2.75) is 6.92 Å². The molecule has 1 heterocycles. The number of halogens is 1. The minimum absolute atomic E-state index is 0.179. The Morgan fingerprint density at radius 2 is 1.75 bits per heavy atom. The first-order chi connectivity index (χ1) is 15.0. The van der Waals surface area contributed by atoms with Crippen molar-refractivity contribution in [3.8, 4) is 5.75 Å². The van der Waals surface area contributed by atoms with E-state index in [2.05, 4.69) is 21.1 Å². The van der Waals surface area contributed by atoms with Crippen LogP contribution >= 0.6 is 11.6 Å². The third kappa shape index (κ3) is 5.68. The lowest BCUT2D eigenvalue weighted by molar-refractivity contribution is -0.870. The average Bonchev–Trinajstić information content (AvgIpc) is 2.73. The fourth-order valence-electron chi connectivity index (χ4n) is 3.19. The monoisotopic (exact) mass is 459 g/mol. The summed E-state index contributed by atoms with van der Waals surface area (Å²) in [5.74, 6) is -1.26. The number of pyridine rings is 1. The van der Waals surface area contributed by atoms with Crippen molar-refractivity contribution in [1.82, 2.24) is 4.57 Å². The summed E-state index contributed by atoms with van der Waals surface area (Å²) < 4.78 is 2.13. The van der Waals surface area contributed by atoms with Gasteiger partial charge in [-0.25, -0.2) is 0 Å². The molecule has 0 aliphatic heterocycles. The summed E-state index contributed by atoms with van der Waals surface area (Å²) in [7, 11) is 7.68. The molecular formula is C24H30ClN3O4. The fraction of sp³-hybridized carbons (Fsp3) is 0.333. The van der Waals surface area contributed by atoms with Gasteiger partial charge in [-0.05, 0) is 31.2 Å². The van der Waals surface area contributed by atoms with Crippen molar-refractivity contribution in [3.63, 3.8) is 0 Å². The van der Waals surface area contributed by atoms with Crippen LogP contribution in [0.25, 0.3) is 10.9 Å². The SMILES string of the molecule is CCN(C(=O)c1c([O-])c2c(Cl)cccc2n(C)c1=O)c1ccccc1.C[N+](C)(C)CCO. The maximum absolute atomic E-state index is 13.0. The molecule has 0 aliphatic rings. The zero-order valence-electron chi connectivity index (χ0n) is 19.1. The first-order valence-corrected chi connectivity index (χ1v) is 10.7. The molecule has 0 bridgehead atoms. The van der Waals surface area contributed by atoms with Gasteiger partial charge in [-0.3, -0.25) is 9.59 Å². The highest BCUT2D eigenvalue weighted by Crippen LogP contribution is 2.31. The molecule has 2 aromatic carbocycles. The predicted molar refractivity (Wildman–Crippen MR) is 127 cm³/mol. The van der Waals surface area contributed by atoms with Crippen LogP contribution in [0.1, 0.15) is 17.3 Å². The highest BCUT2D eigenvalue weighted by Gasteiger charge is 2.23. The van der Waals surface area contributed by atoms with Crippen LogP contribution in [-0.2, 0) is 7.05 Å². The molecule has 3 aromatic rings. The van der Waals surface area contributed by atoms with Crippen LogP contribution in [-0.4, -0.2) is 60.9 Å². The minimum atomic E-state index is -0.636. The lowest BCUT2D eigenvalue weighted by Crippen LogP contribution is -2.37. The number of quaternary nitrogens is 1. The zero-order chi connectivity index (χ0) is 24.1. The molecule has 7 nitrogen and oxygen atoms in total. The lowest BCUT2D eigenvalue weighted by atomic mass is 10.1. The topological polar surface area (TPSA) is 85.6 Å². The summed E-state index contributed by atoms with van der Waals surface area (Å²) in [6.07, 6.45) is 0. The van der Waals surface area contributed by atoms with Gasteiger partial charge in [0.15, 0.2) is 0 Å². The number of amides is 1. The minimum Gasteiger partial charge on any atom is -0.871 e. The summed E-state index contributed by atoms with van der Waals surface area (Å²) in [5, 5.41) is 21.7. The Morgan fingerprint density at radius 1 is 1.12 bits per heavy atom. The van der Waals surface area contributed by atoms with Crippen molar-refractivity contribution in [1.29, 1.82) is 0 Å². The van der Waals surface area contributed by atoms with E-state index in [1.807, 2.05) is 6.07 Å².